The lowest BCUT2D eigenvalue weighted by Crippen LogP contribution is -2.48. The van der Waals surface area contributed by atoms with Crippen molar-refractivity contribution in [2.75, 3.05) is 43.0 Å². The second-order valence-corrected chi connectivity index (χ2v) is 8.61. The standard InChI is InChI=1S/C26H27N5O2/c1-29-17-18-31(25-24(29)27-21-9-5-6-10-22(21)28-25)26(33)20-13-15-30(16-14-20)23(32)12-11-19-7-3-2-4-8-19/h2-12,20H,13-18H2,1H3/b12-11+. The number of piperidine rings is 1. The number of anilines is 2. The molecule has 0 radical (unpaired) electrons. The summed E-state index contributed by atoms with van der Waals surface area (Å²) in [6.07, 6.45) is 4.78. The predicted octanol–water partition coefficient (Wildman–Crippen LogP) is 3.36. The molecule has 33 heavy (non-hydrogen) atoms. The Balaban J connectivity index is 1.27. The van der Waals surface area contributed by atoms with Crippen molar-refractivity contribution in [2.24, 2.45) is 5.92 Å². The third kappa shape index (κ3) is 4.31. The van der Waals surface area contributed by atoms with Gasteiger partial charge in [0.25, 0.3) is 0 Å². The van der Waals surface area contributed by atoms with Crippen molar-refractivity contribution in [3.05, 3.63) is 66.2 Å². The number of likely N-dealkylation sites (N-methyl/N-ethyl adjacent to an activating group) is 1. The van der Waals surface area contributed by atoms with E-state index in [1.54, 1.807) is 11.0 Å². The zero-order valence-electron chi connectivity index (χ0n) is 18.7. The number of carbonyl (C=O) groups excluding carboxylic acids is 2. The van der Waals surface area contributed by atoms with Gasteiger partial charge in [0, 0.05) is 45.2 Å². The lowest BCUT2D eigenvalue weighted by atomic mass is 9.95. The number of aromatic nitrogens is 2. The van der Waals surface area contributed by atoms with Crippen LogP contribution in [-0.2, 0) is 9.59 Å². The highest BCUT2D eigenvalue weighted by Gasteiger charge is 2.34. The average Bonchev–Trinajstić information content (AvgIpc) is 2.87. The topological polar surface area (TPSA) is 69.6 Å². The SMILES string of the molecule is CN1CCN(C(=O)C2CCN(C(=O)/C=C/c3ccccc3)CC2)c2nc3ccccc3nc21. The number of amides is 2. The molecule has 5 rings (SSSR count). The Bertz CT molecular complexity index is 1200. The molecule has 1 saturated heterocycles. The molecule has 0 bridgehead atoms. The van der Waals surface area contributed by atoms with Crippen molar-refractivity contribution in [3.8, 4) is 0 Å². The molecule has 2 aliphatic heterocycles. The van der Waals surface area contributed by atoms with E-state index in [1.807, 2.05) is 72.6 Å². The van der Waals surface area contributed by atoms with E-state index in [0.717, 1.165) is 22.4 Å². The Morgan fingerprint density at radius 3 is 2.18 bits per heavy atom. The molecule has 3 heterocycles. The summed E-state index contributed by atoms with van der Waals surface area (Å²) < 4.78 is 0. The first-order valence-electron chi connectivity index (χ1n) is 11.4. The molecule has 0 saturated carbocycles. The molecular weight excluding hydrogens is 414 g/mol. The number of hydrogen-bond acceptors (Lipinski definition) is 5. The Morgan fingerprint density at radius 1 is 0.848 bits per heavy atom. The molecule has 2 amide bonds. The first-order valence-corrected chi connectivity index (χ1v) is 11.4. The smallest absolute Gasteiger partial charge is 0.246 e. The van der Waals surface area contributed by atoms with Gasteiger partial charge in [-0.05, 0) is 36.6 Å². The van der Waals surface area contributed by atoms with Gasteiger partial charge in [0.1, 0.15) is 0 Å². The van der Waals surface area contributed by atoms with Gasteiger partial charge in [-0.25, -0.2) is 9.97 Å². The Morgan fingerprint density at radius 2 is 1.48 bits per heavy atom. The third-order valence-electron chi connectivity index (χ3n) is 6.45. The number of carbonyl (C=O) groups is 2. The summed E-state index contributed by atoms with van der Waals surface area (Å²) in [5, 5.41) is 0. The summed E-state index contributed by atoms with van der Waals surface area (Å²) in [6.45, 7) is 2.47. The van der Waals surface area contributed by atoms with Crippen LogP contribution in [0.25, 0.3) is 17.1 Å². The summed E-state index contributed by atoms with van der Waals surface area (Å²) in [7, 11) is 1.98. The number of rotatable bonds is 3. The molecule has 168 valence electrons. The van der Waals surface area contributed by atoms with Gasteiger partial charge in [-0.3, -0.25) is 14.5 Å². The molecule has 7 heteroatoms. The predicted molar refractivity (Wildman–Crippen MR) is 130 cm³/mol. The van der Waals surface area contributed by atoms with Crippen molar-refractivity contribution >= 4 is 40.6 Å². The third-order valence-corrected chi connectivity index (χ3v) is 6.45. The minimum absolute atomic E-state index is 0.00738. The number of benzene rings is 2. The second-order valence-electron chi connectivity index (χ2n) is 8.61. The fourth-order valence-corrected chi connectivity index (χ4v) is 4.50. The van der Waals surface area contributed by atoms with Crippen LogP contribution in [0.3, 0.4) is 0 Å². The number of hydrogen-bond donors (Lipinski definition) is 0. The molecule has 0 N–H and O–H groups in total. The zero-order valence-corrected chi connectivity index (χ0v) is 18.7. The van der Waals surface area contributed by atoms with E-state index in [9.17, 15) is 9.59 Å². The number of fused-ring (bicyclic) bond motifs is 2. The van der Waals surface area contributed by atoms with Crippen LogP contribution >= 0.6 is 0 Å². The highest BCUT2D eigenvalue weighted by molar-refractivity contribution is 5.99. The molecule has 7 nitrogen and oxygen atoms in total. The van der Waals surface area contributed by atoms with E-state index in [0.29, 0.717) is 44.8 Å². The Kier molecular flexibility index (Phi) is 5.77. The summed E-state index contributed by atoms with van der Waals surface area (Å²) in [5.74, 6) is 1.34. The van der Waals surface area contributed by atoms with Gasteiger partial charge in [0.05, 0.1) is 11.0 Å². The van der Waals surface area contributed by atoms with Crippen molar-refractivity contribution in [1.82, 2.24) is 14.9 Å². The Hall–Kier alpha value is -3.74. The van der Waals surface area contributed by atoms with Crippen LogP contribution < -0.4 is 9.80 Å². The Labute approximate surface area is 193 Å². The minimum Gasteiger partial charge on any atom is -0.355 e. The average molecular weight is 442 g/mol. The van der Waals surface area contributed by atoms with Gasteiger partial charge in [-0.1, -0.05) is 42.5 Å². The maximum Gasteiger partial charge on any atom is 0.246 e. The van der Waals surface area contributed by atoms with Crippen molar-refractivity contribution in [2.45, 2.75) is 12.8 Å². The van der Waals surface area contributed by atoms with Gasteiger partial charge in [0.15, 0.2) is 11.6 Å². The molecule has 2 aliphatic rings. The molecule has 0 spiro atoms. The van der Waals surface area contributed by atoms with E-state index in [4.69, 9.17) is 9.97 Å². The van der Waals surface area contributed by atoms with Crippen LogP contribution in [-0.4, -0.2) is 59.9 Å². The minimum atomic E-state index is -0.114. The summed E-state index contributed by atoms with van der Waals surface area (Å²) >= 11 is 0. The van der Waals surface area contributed by atoms with Crippen LogP contribution in [0.1, 0.15) is 18.4 Å². The van der Waals surface area contributed by atoms with E-state index in [-0.39, 0.29) is 17.7 Å². The zero-order chi connectivity index (χ0) is 22.8. The molecule has 0 unspecified atom stereocenters. The molecule has 2 aromatic carbocycles. The van der Waals surface area contributed by atoms with Crippen molar-refractivity contribution in [1.29, 1.82) is 0 Å². The van der Waals surface area contributed by atoms with E-state index >= 15 is 0 Å². The van der Waals surface area contributed by atoms with Gasteiger partial charge >= 0.3 is 0 Å². The van der Waals surface area contributed by atoms with Gasteiger partial charge in [-0.2, -0.15) is 0 Å². The van der Waals surface area contributed by atoms with Gasteiger partial charge in [0.2, 0.25) is 11.8 Å². The largest absolute Gasteiger partial charge is 0.355 e. The van der Waals surface area contributed by atoms with Crippen LogP contribution in [0.5, 0.6) is 0 Å². The van der Waals surface area contributed by atoms with Crippen LogP contribution in [0, 0.1) is 5.92 Å². The lowest BCUT2D eigenvalue weighted by molar-refractivity contribution is -0.131. The van der Waals surface area contributed by atoms with Gasteiger partial charge < -0.3 is 9.80 Å². The first kappa shape index (κ1) is 21.1. The second kappa shape index (κ2) is 9.02. The normalized spacial score (nSPS) is 16.9. The maximum absolute atomic E-state index is 13.5. The van der Waals surface area contributed by atoms with Crippen LogP contribution in [0.4, 0.5) is 11.6 Å². The van der Waals surface area contributed by atoms with E-state index in [2.05, 4.69) is 4.90 Å². The monoisotopic (exact) mass is 441 g/mol. The summed E-state index contributed by atoms with van der Waals surface area (Å²) in [5.41, 5.74) is 2.61. The molecular formula is C26H27N5O2. The molecule has 1 fully saturated rings. The molecule has 3 aromatic rings. The maximum atomic E-state index is 13.5. The number of nitrogens with zero attached hydrogens (tertiary/aromatic N) is 5. The van der Waals surface area contributed by atoms with E-state index in [1.165, 1.54) is 0 Å². The fraction of sp³-hybridized carbons (Fsp3) is 0.308. The first-order chi connectivity index (χ1) is 16.1. The lowest BCUT2D eigenvalue weighted by Gasteiger charge is -2.37. The summed E-state index contributed by atoms with van der Waals surface area (Å²) in [4.78, 5) is 41.3. The number of likely N-dealkylation sites (tertiary alicyclic amines) is 1. The van der Waals surface area contributed by atoms with Crippen LogP contribution in [0.15, 0.2) is 60.7 Å². The summed E-state index contributed by atoms with van der Waals surface area (Å²) in [6, 6.07) is 17.5. The van der Waals surface area contributed by atoms with Crippen LogP contribution in [0.2, 0.25) is 0 Å². The fourth-order valence-electron chi connectivity index (χ4n) is 4.50. The van der Waals surface area contributed by atoms with Gasteiger partial charge in [-0.15, -0.1) is 0 Å². The molecule has 1 aromatic heterocycles. The van der Waals surface area contributed by atoms with E-state index < -0.39 is 0 Å². The number of para-hydroxylation sites is 2. The molecule has 0 atom stereocenters. The quantitative estimate of drug-likeness (QED) is 0.583. The highest BCUT2D eigenvalue weighted by Crippen LogP contribution is 2.33. The molecule has 0 aliphatic carbocycles. The van der Waals surface area contributed by atoms with Crippen molar-refractivity contribution in [3.63, 3.8) is 0 Å². The van der Waals surface area contributed by atoms with Crippen molar-refractivity contribution < 1.29 is 9.59 Å². The highest BCUT2D eigenvalue weighted by atomic mass is 16.2.